The number of carboxylic acids is 1. The number of benzene rings is 1. The number of rotatable bonds is 6. The van der Waals surface area contributed by atoms with Crippen LogP contribution >= 0.6 is 0 Å². The number of nitrogens with one attached hydrogen (secondary N) is 1. The van der Waals surface area contributed by atoms with E-state index in [1.165, 1.54) is 5.56 Å². The van der Waals surface area contributed by atoms with Gasteiger partial charge in [-0.15, -0.1) is 0 Å². The first-order chi connectivity index (χ1) is 9.51. The summed E-state index contributed by atoms with van der Waals surface area (Å²) < 4.78 is 0. The highest BCUT2D eigenvalue weighted by Crippen LogP contribution is 2.35. The summed E-state index contributed by atoms with van der Waals surface area (Å²) in [5, 5.41) is 12.0. The Morgan fingerprint density at radius 2 is 1.95 bits per heavy atom. The Labute approximate surface area is 119 Å². The molecule has 0 aliphatic heterocycles. The van der Waals surface area contributed by atoms with Gasteiger partial charge in [0.05, 0.1) is 12.3 Å². The normalized spacial score (nSPS) is 17.0. The van der Waals surface area contributed by atoms with Crippen molar-refractivity contribution < 1.29 is 14.7 Å². The zero-order valence-electron chi connectivity index (χ0n) is 12.0. The summed E-state index contributed by atoms with van der Waals surface area (Å²) in [6.45, 7) is 3.84. The Hall–Kier alpha value is -1.84. The fraction of sp³-hybridized carbons (Fsp3) is 0.500. The molecule has 1 aliphatic carbocycles. The predicted octanol–water partition coefficient (Wildman–Crippen LogP) is 2.48. The maximum atomic E-state index is 12.4. The minimum Gasteiger partial charge on any atom is -0.481 e. The number of carbonyl (C=O) groups is 2. The molecule has 0 saturated carbocycles. The molecule has 1 aromatic carbocycles. The molecule has 0 heterocycles. The third-order valence-electron chi connectivity index (χ3n) is 4.40. The van der Waals surface area contributed by atoms with Crippen LogP contribution in [0.2, 0.25) is 0 Å². The van der Waals surface area contributed by atoms with Crippen LogP contribution < -0.4 is 5.32 Å². The number of fused-ring (bicyclic) bond motifs is 1. The third kappa shape index (κ3) is 2.69. The highest BCUT2D eigenvalue weighted by molar-refractivity contribution is 5.88. The van der Waals surface area contributed by atoms with Crippen molar-refractivity contribution in [3.05, 3.63) is 35.4 Å². The molecule has 0 aromatic heterocycles. The number of aliphatic carboxylic acids is 1. The second-order valence-corrected chi connectivity index (χ2v) is 5.50. The second kappa shape index (κ2) is 5.65. The fourth-order valence-corrected chi connectivity index (χ4v) is 2.85. The topological polar surface area (TPSA) is 66.4 Å². The quantitative estimate of drug-likeness (QED) is 0.838. The summed E-state index contributed by atoms with van der Waals surface area (Å²) in [5.74, 6) is -1.05. The lowest BCUT2D eigenvalue weighted by molar-refractivity contribution is -0.139. The van der Waals surface area contributed by atoms with Crippen LogP contribution in [0, 0.1) is 0 Å². The first-order valence-corrected chi connectivity index (χ1v) is 7.13. The molecule has 1 unspecified atom stereocenters. The van der Waals surface area contributed by atoms with Crippen LogP contribution in [0.25, 0.3) is 0 Å². The van der Waals surface area contributed by atoms with Crippen LogP contribution in [0.5, 0.6) is 0 Å². The van der Waals surface area contributed by atoms with Gasteiger partial charge in [0, 0.05) is 5.54 Å². The largest absolute Gasteiger partial charge is 0.481 e. The molecule has 0 spiro atoms. The van der Waals surface area contributed by atoms with E-state index in [2.05, 4.69) is 5.32 Å². The van der Waals surface area contributed by atoms with E-state index >= 15 is 0 Å². The molecule has 0 saturated heterocycles. The first kappa shape index (κ1) is 14.6. The molecule has 1 aliphatic rings. The van der Waals surface area contributed by atoms with Gasteiger partial charge in [-0.05, 0) is 30.4 Å². The van der Waals surface area contributed by atoms with Gasteiger partial charge in [-0.25, -0.2) is 0 Å². The predicted molar refractivity (Wildman–Crippen MR) is 76.6 cm³/mol. The Balaban J connectivity index is 2.09. The summed E-state index contributed by atoms with van der Waals surface area (Å²) in [5.41, 5.74) is 1.65. The van der Waals surface area contributed by atoms with Crippen LogP contribution in [0.1, 0.15) is 50.2 Å². The standard InChI is InChI=1S/C16H21NO3/c1-3-16(4-2,10-14(18)19)17-15(20)13-9-11-7-5-6-8-12(11)13/h5-8,13H,3-4,9-10H2,1-2H3,(H,17,20)(H,18,19). The van der Waals surface area contributed by atoms with Gasteiger partial charge in [0.1, 0.15) is 0 Å². The van der Waals surface area contributed by atoms with Crippen LogP contribution in [-0.4, -0.2) is 22.5 Å². The van der Waals surface area contributed by atoms with E-state index in [1.807, 2.05) is 38.1 Å². The molecule has 4 heteroatoms. The van der Waals surface area contributed by atoms with Crippen LogP contribution in [-0.2, 0) is 16.0 Å². The Morgan fingerprint density at radius 1 is 1.30 bits per heavy atom. The van der Waals surface area contributed by atoms with Crippen LogP contribution in [0.4, 0.5) is 0 Å². The van der Waals surface area contributed by atoms with Crippen molar-refractivity contribution in [2.75, 3.05) is 0 Å². The molecule has 1 amide bonds. The summed E-state index contributed by atoms with van der Waals surface area (Å²) in [6, 6.07) is 7.91. The number of hydrogen-bond donors (Lipinski definition) is 2. The first-order valence-electron chi connectivity index (χ1n) is 7.13. The molecule has 0 radical (unpaired) electrons. The summed E-state index contributed by atoms with van der Waals surface area (Å²) in [6.07, 6.45) is 1.96. The van der Waals surface area contributed by atoms with Gasteiger partial charge in [-0.2, -0.15) is 0 Å². The Morgan fingerprint density at radius 3 is 2.50 bits per heavy atom. The van der Waals surface area contributed by atoms with Gasteiger partial charge < -0.3 is 10.4 Å². The average molecular weight is 275 g/mol. The van der Waals surface area contributed by atoms with Gasteiger partial charge in [0.25, 0.3) is 0 Å². The molecule has 2 N–H and O–H groups in total. The highest BCUT2D eigenvalue weighted by Gasteiger charge is 2.37. The van der Waals surface area contributed by atoms with E-state index in [4.69, 9.17) is 5.11 Å². The SMILES string of the molecule is CCC(CC)(CC(=O)O)NC(=O)C1Cc2ccccc21. The van der Waals surface area contributed by atoms with E-state index < -0.39 is 11.5 Å². The number of carbonyl (C=O) groups excluding carboxylic acids is 1. The second-order valence-electron chi connectivity index (χ2n) is 5.50. The van der Waals surface area contributed by atoms with Gasteiger partial charge >= 0.3 is 5.97 Å². The zero-order valence-corrected chi connectivity index (χ0v) is 12.0. The van der Waals surface area contributed by atoms with Crippen molar-refractivity contribution in [3.63, 3.8) is 0 Å². The molecular weight excluding hydrogens is 254 g/mol. The Bertz CT molecular complexity index is 520. The van der Waals surface area contributed by atoms with Crippen molar-refractivity contribution in [1.82, 2.24) is 5.32 Å². The maximum Gasteiger partial charge on any atom is 0.305 e. The molecule has 0 bridgehead atoms. The smallest absolute Gasteiger partial charge is 0.305 e. The molecule has 1 atom stereocenters. The van der Waals surface area contributed by atoms with E-state index in [0.29, 0.717) is 12.8 Å². The lowest BCUT2D eigenvalue weighted by atomic mass is 9.76. The van der Waals surface area contributed by atoms with Crippen molar-refractivity contribution in [3.8, 4) is 0 Å². The summed E-state index contributed by atoms with van der Waals surface area (Å²) in [7, 11) is 0. The molecule has 2 rings (SSSR count). The molecule has 1 aromatic rings. The lowest BCUT2D eigenvalue weighted by Gasteiger charge is -2.36. The van der Waals surface area contributed by atoms with Gasteiger partial charge in [-0.1, -0.05) is 38.1 Å². The zero-order chi connectivity index (χ0) is 14.8. The monoisotopic (exact) mass is 275 g/mol. The van der Waals surface area contributed by atoms with Crippen LogP contribution in [0.3, 0.4) is 0 Å². The summed E-state index contributed by atoms with van der Waals surface area (Å²) >= 11 is 0. The fourth-order valence-electron chi connectivity index (χ4n) is 2.85. The van der Waals surface area contributed by atoms with Crippen molar-refractivity contribution in [2.45, 2.75) is 51.0 Å². The van der Waals surface area contributed by atoms with Gasteiger partial charge in [0.2, 0.25) is 5.91 Å². The minimum atomic E-state index is -0.872. The molecule has 20 heavy (non-hydrogen) atoms. The van der Waals surface area contributed by atoms with Crippen molar-refractivity contribution in [1.29, 1.82) is 0 Å². The summed E-state index contributed by atoms with van der Waals surface area (Å²) in [4.78, 5) is 23.4. The molecule has 108 valence electrons. The lowest BCUT2D eigenvalue weighted by Crippen LogP contribution is -2.51. The van der Waals surface area contributed by atoms with E-state index in [-0.39, 0.29) is 18.2 Å². The maximum absolute atomic E-state index is 12.4. The molecular formula is C16H21NO3. The van der Waals surface area contributed by atoms with E-state index in [0.717, 1.165) is 12.0 Å². The van der Waals surface area contributed by atoms with Crippen molar-refractivity contribution >= 4 is 11.9 Å². The Kier molecular flexibility index (Phi) is 4.12. The average Bonchev–Trinajstić information content (AvgIpc) is 2.38. The van der Waals surface area contributed by atoms with Gasteiger partial charge in [0.15, 0.2) is 0 Å². The van der Waals surface area contributed by atoms with E-state index in [9.17, 15) is 9.59 Å². The molecule has 4 nitrogen and oxygen atoms in total. The number of amides is 1. The third-order valence-corrected chi connectivity index (χ3v) is 4.40. The molecule has 0 fully saturated rings. The van der Waals surface area contributed by atoms with Crippen LogP contribution in [0.15, 0.2) is 24.3 Å². The number of carboxylic acid groups (broad SMARTS) is 1. The van der Waals surface area contributed by atoms with Crippen molar-refractivity contribution in [2.24, 2.45) is 0 Å². The minimum absolute atomic E-state index is 0.0277. The van der Waals surface area contributed by atoms with Gasteiger partial charge in [-0.3, -0.25) is 9.59 Å². The highest BCUT2D eigenvalue weighted by atomic mass is 16.4. The van der Waals surface area contributed by atoms with E-state index in [1.54, 1.807) is 0 Å². The number of hydrogen-bond acceptors (Lipinski definition) is 2.